The van der Waals surface area contributed by atoms with Crippen LogP contribution in [0.4, 0.5) is 4.39 Å². The maximum absolute atomic E-state index is 14.5. The predicted molar refractivity (Wildman–Crippen MR) is 80.6 cm³/mol. The fourth-order valence-electron chi connectivity index (χ4n) is 2.27. The Labute approximate surface area is 128 Å². The van der Waals surface area contributed by atoms with Gasteiger partial charge in [0.2, 0.25) is 0 Å². The molecule has 0 spiro atoms. The molecule has 1 aromatic carbocycles. The Kier molecular flexibility index (Phi) is 4.83. The summed E-state index contributed by atoms with van der Waals surface area (Å²) >= 11 is 6.07. The molecule has 1 aliphatic heterocycles. The second-order valence-electron chi connectivity index (χ2n) is 5.28. The quantitative estimate of drug-likeness (QED) is 0.929. The SMILES string of the molecule is CC(=O)COc1c(C)cc(C2=NNCCC2C)c(F)c1Cl. The summed E-state index contributed by atoms with van der Waals surface area (Å²) in [6.45, 7) is 5.82. The Morgan fingerprint density at radius 2 is 2.33 bits per heavy atom. The summed E-state index contributed by atoms with van der Waals surface area (Å²) in [6, 6.07) is 1.67. The molecule has 0 radical (unpaired) electrons. The van der Waals surface area contributed by atoms with Crippen LogP contribution in [0.15, 0.2) is 11.2 Å². The Bertz CT molecular complexity index is 602. The number of hydrogen-bond acceptors (Lipinski definition) is 4. The summed E-state index contributed by atoms with van der Waals surface area (Å²) < 4.78 is 19.8. The van der Waals surface area contributed by atoms with E-state index in [0.717, 1.165) is 13.0 Å². The number of carbonyl (C=O) groups is 1. The zero-order valence-corrected chi connectivity index (χ0v) is 13.1. The van der Waals surface area contributed by atoms with Gasteiger partial charge in [0.15, 0.2) is 11.6 Å². The van der Waals surface area contributed by atoms with Crippen LogP contribution in [0.1, 0.15) is 31.4 Å². The molecule has 0 saturated heterocycles. The monoisotopic (exact) mass is 312 g/mol. The van der Waals surface area contributed by atoms with Crippen molar-refractivity contribution in [1.82, 2.24) is 5.43 Å². The molecule has 4 nitrogen and oxygen atoms in total. The minimum Gasteiger partial charge on any atom is -0.484 e. The van der Waals surface area contributed by atoms with E-state index >= 15 is 0 Å². The topological polar surface area (TPSA) is 50.7 Å². The third-order valence-electron chi connectivity index (χ3n) is 3.40. The highest BCUT2D eigenvalue weighted by Gasteiger charge is 2.24. The van der Waals surface area contributed by atoms with Crippen molar-refractivity contribution in [1.29, 1.82) is 0 Å². The molecule has 1 aromatic rings. The lowest BCUT2D eigenvalue weighted by atomic mass is 9.93. The summed E-state index contributed by atoms with van der Waals surface area (Å²) in [4.78, 5) is 11.0. The van der Waals surface area contributed by atoms with Crippen molar-refractivity contribution in [2.24, 2.45) is 11.0 Å². The smallest absolute Gasteiger partial charge is 0.167 e. The van der Waals surface area contributed by atoms with Crippen molar-refractivity contribution >= 4 is 23.1 Å². The molecule has 0 fully saturated rings. The zero-order chi connectivity index (χ0) is 15.6. The Hall–Kier alpha value is -1.62. The molecule has 0 bridgehead atoms. The molecular weight excluding hydrogens is 295 g/mol. The number of rotatable bonds is 4. The van der Waals surface area contributed by atoms with Crippen LogP contribution in [0.5, 0.6) is 5.75 Å². The summed E-state index contributed by atoms with van der Waals surface area (Å²) in [7, 11) is 0. The Morgan fingerprint density at radius 3 is 2.95 bits per heavy atom. The van der Waals surface area contributed by atoms with Crippen LogP contribution in [-0.4, -0.2) is 24.6 Å². The minimum atomic E-state index is -0.560. The molecule has 0 amide bonds. The van der Waals surface area contributed by atoms with Crippen molar-refractivity contribution in [2.75, 3.05) is 13.2 Å². The van der Waals surface area contributed by atoms with E-state index in [4.69, 9.17) is 16.3 Å². The van der Waals surface area contributed by atoms with E-state index in [0.29, 0.717) is 16.8 Å². The molecule has 1 heterocycles. The molecule has 2 rings (SSSR count). The van der Waals surface area contributed by atoms with Crippen LogP contribution in [0.2, 0.25) is 5.02 Å². The van der Waals surface area contributed by atoms with Crippen molar-refractivity contribution in [2.45, 2.75) is 27.2 Å². The fraction of sp³-hybridized carbons (Fsp3) is 0.467. The van der Waals surface area contributed by atoms with Gasteiger partial charge in [-0.3, -0.25) is 4.79 Å². The molecular formula is C15H18ClFN2O2. The van der Waals surface area contributed by atoms with Crippen LogP contribution in [-0.2, 0) is 4.79 Å². The van der Waals surface area contributed by atoms with Gasteiger partial charge in [-0.05, 0) is 31.9 Å². The number of carbonyl (C=O) groups excluding carboxylic acids is 1. The number of Topliss-reactive ketones (excluding diaryl/α,β-unsaturated/α-hetero) is 1. The van der Waals surface area contributed by atoms with Gasteiger partial charge >= 0.3 is 0 Å². The number of nitrogens with one attached hydrogen (secondary N) is 1. The summed E-state index contributed by atoms with van der Waals surface area (Å²) in [5.74, 6) is -0.343. The standard InChI is InChI=1S/C15H18ClFN2O2/c1-8-4-5-18-19-14(8)11-6-9(2)15(12(16)13(11)17)21-7-10(3)20/h6,8,18H,4-5,7H2,1-3H3. The summed E-state index contributed by atoms with van der Waals surface area (Å²) in [6.07, 6.45) is 0.886. The van der Waals surface area contributed by atoms with Crippen LogP contribution in [0.25, 0.3) is 0 Å². The largest absolute Gasteiger partial charge is 0.484 e. The van der Waals surface area contributed by atoms with Gasteiger partial charge in [0.1, 0.15) is 17.4 Å². The fourth-order valence-corrected chi connectivity index (χ4v) is 2.57. The third-order valence-corrected chi connectivity index (χ3v) is 3.74. The summed E-state index contributed by atoms with van der Waals surface area (Å²) in [5, 5.41) is 4.10. The van der Waals surface area contributed by atoms with E-state index in [9.17, 15) is 9.18 Å². The van der Waals surface area contributed by atoms with Crippen molar-refractivity contribution in [3.63, 3.8) is 0 Å². The lowest BCUT2D eigenvalue weighted by molar-refractivity contribution is -0.118. The highest BCUT2D eigenvalue weighted by molar-refractivity contribution is 6.32. The summed E-state index contributed by atoms with van der Waals surface area (Å²) in [5.41, 5.74) is 4.60. The number of ether oxygens (including phenoxy) is 1. The molecule has 1 N–H and O–H groups in total. The second-order valence-corrected chi connectivity index (χ2v) is 5.66. The van der Waals surface area contributed by atoms with Crippen molar-refractivity contribution in [3.05, 3.63) is 28.0 Å². The van der Waals surface area contributed by atoms with Gasteiger partial charge in [-0.1, -0.05) is 18.5 Å². The molecule has 114 valence electrons. The van der Waals surface area contributed by atoms with E-state index in [1.807, 2.05) is 6.92 Å². The van der Waals surface area contributed by atoms with Gasteiger partial charge in [0.05, 0.1) is 5.71 Å². The van der Waals surface area contributed by atoms with Crippen LogP contribution >= 0.6 is 11.6 Å². The van der Waals surface area contributed by atoms with Gasteiger partial charge in [-0.15, -0.1) is 0 Å². The van der Waals surface area contributed by atoms with Crippen LogP contribution in [0.3, 0.4) is 0 Å². The normalized spacial score (nSPS) is 18.0. The Balaban J connectivity index is 2.42. The first-order valence-corrected chi connectivity index (χ1v) is 7.21. The van der Waals surface area contributed by atoms with E-state index in [-0.39, 0.29) is 29.1 Å². The van der Waals surface area contributed by atoms with E-state index in [1.165, 1.54) is 6.92 Å². The predicted octanol–water partition coefficient (Wildman–Crippen LogP) is 3.09. The number of halogens is 2. The van der Waals surface area contributed by atoms with Crippen LogP contribution < -0.4 is 10.2 Å². The maximum atomic E-state index is 14.5. The molecule has 0 saturated carbocycles. The van der Waals surface area contributed by atoms with Crippen LogP contribution in [0, 0.1) is 18.7 Å². The zero-order valence-electron chi connectivity index (χ0n) is 12.3. The molecule has 1 aliphatic rings. The second kappa shape index (κ2) is 6.43. The lowest BCUT2D eigenvalue weighted by Crippen LogP contribution is -2.28. The van der Waals surface area contributed by atoms with Gasteiger partial charge < -0.3 is 10.2 Å². The molecule has 21 heavy (non-hydrogen) atoms. The first-order valence-electron chi connectivity index (χ1n) is 6.83. The van der Waals surface area contributed by atoms with Gasteiger partial charge in [-0.2, -0.15) is 5.10 Å². The highest BCUT2D eigenvalue weighted by Crippen LogP contribution is 2.35. The first-order chi connectivity index (χ1) is 9.91. The van der Waals surface area contributed by atoms with Crippen molar-refractivity contribution < 1.29 is 13.9 Å². The molecule has 1 unspecified atom stereocenters. The molecule has 0 aromatic heterocycles. The third kappa shape index (κ3) is 3.35. The van der Waals surface area contributed by atoms with Gasteiger partial charge in [-0.25, -0.2) is 4.39 Å². The number of nitrogens with zero attached hydrogens (tertiary/aromatic N) is 1. The van der Waals surface area contributed by atoms with Gasteiger partial charge in [0.25, 0.3) is 0 Å². The maximum Gasteiger partial charge on any atom is 0.167 e. The lowest BCUT2D eigenvalue weighted by Gasteiger charge is -2.22. The number of benzene rings is 1. The van der Waals surface area contributed by atoms with Gasteiger partial charge in [0, 0.05) is 18.0 Å². The molecule has 0 aliphatic carbocycles. The number of ketones is 1. The van der Waals surface area contributed by atoms with Crippen molar-refractivity contribution in [3.8, 4) is 5.75 Å². The highest BCUT2D eigenvalue weighted by atomic mass is 35.5. The number of hydrazone groups is 1. The molecule has 6 heteroatoms. The average Bonchev–Trinajstić information content (AvgIpc) is 2.43. The average molecular weight is 313 g/mol. The number of hydrogen-bond donors (Lipinski definition) is 1. The van der Waals surface area contributed by atoms with E-state index in [2.05, 4.69) is 10.5 Å². The van der Waals surface area contributed by atoms with E-state index < -0.39 is 5.82 Å². The Morgan fingerprint density at radius 1 is 1.62 bits per heavy atom. The molecule has 1 atom stereocenters. The van der Waals surface area contributed by atoms with E-state index in [1.54, 1.807) is 13.0 Å². The number of aryl methyl sites for hydroxylation is 1. The minimum absolute atomic E-state index is 0.105. The first kappa shape index (κ1) is 15.8.